The van der Waals surface area contributed by atoms with Crippen molar-refractivity contribution in [2.45, 2.75) is 26.2 Å². The molecule has 1 aliphatic carbocycles. The van der Waals surface area contributed by atoms with Crippen molar-refractivity contribution in [1.82, 2.24) is 5.32 Å². The van der Waals surface area contributed by atoms with E-state index in [1.807, 2.05) is 0 Å². The fraction of sp³-hybridized carbons (Fsp3) is 0.467. The molecule has 1 fully saturated rings. The summed E-state index contributed by atoms with van der Waals surface area (Å²) in [6.45, 7) is 2.76. The number of carbonyl (C=O) groups excluding carboxylic acids is 2. The minimum Gasteiger partial charge on any atom is -0.356 e. The molecule has 1 aliphatic rings. The van der Waals surface area contributed by atoms with Crippen molar-refractivity contribution in [3.63, 3.8) is 0 Å². The molecule has 0 radical (unpaired) electrons. The molecular weight excluding hydrogens is 276 g/mol. The van der Waals surface area contributed by atoms with Crippen LogP contribution in [0.2, 0.25) is 5.02 Å². The smallest absolute Gasteiger partial charge is 0.228 e. The average Bonchev–Trinajstić information content (AvgIpc) is 3.19. The fourth-order valence-corrected chi connectivity index (χ4v) is 2.29. The minimum absolute atomic E-state index is 0.00954. The zero-order valence-electron chi connectivity index (χ0n) is 11.5. The lowest BCUT2D eigenvalue weighted by Gasteiger charge is -2.06. The molecule has 0 heterocycles. The number of carbonyl (C=O) groups is 2. The van der Waals surface area contributed by atoms with E-state index < -0.39 is 0 Å². The van der Waals surface area contributed by atoms with Crippen LogP contribution < -0.4 is 10.6 Å². The number of unbranched alkanes of at least 4 members (excludes halogenated alkanes) is 1. The van der Waals surface area contributed by atoms with Gasteiger partial charge in [-0.2, -0.15) is 0 Å². The third-order valence-corrected chi connectivity index (χ3v) is 3.62. The van der Waals surface area contributed by atoms with Crippen molar-refractivity contribution in [2.24, 2.45) is 11.8 Å². The second-order valence-electron chi connectivity index (χ2n) is 5.09. The summed E-state index contributed by atoms with van der Waals surface area (Å²) in [5.41, 5.74) is 0.666. The number of nitrogens with one attached hydrogen (secondary N) is 2. The van der Waals surface area contributed by atoms with Crippen LogP contribution in [0.3, 0.4) is 0 Å². The van der Waals surface area contributed by atoms with Gasteiger partial charge in [-0.25, -0.2) is 0 Å². The standard InChI is InChI=1S/C15H19ClN2O2/c1-2-3-7-17-14(19)12-9-13(12)15(20)18-11-6-4-5-10(16)8-11/h4-6,8,12-13H,2-3,7,9H2,1H3,(H,17,19)(H,18,20). The first-order chi connectivity index (χ1) is 9.61. The van der Waals surface area contributed by atoms with E-state index in [1.165, 1.54) is 0 Å². The predicted molar refractivity (Wildman–Crippen MR) is 79.6 cm³/mol. The molecule has 0 aromatic heterocycles. The first-order valence-electron chi connectivity index (χ1n) is 6.96. The highest BCUT2D eigenvalue weighted by atomic mass is 35.5. The maximum atomic E-state index is 12.0. The van der Waals surface area contributed by atoms with E-state index in [1.54, 1.807) is 24.3 Å². The molecule has 1 saturated carbocycles. The van der Waals surface area contributed by atoms with Gasteiger partial charge in [0.25, 0.3) is 0 Å². The van der Waals surface area contributed by atoms with Crippen LogP contribution in [0.4, 0.5) is 5.69 Å². The van der Waals surface area contributed by atoms with Gasteiger partial charge in [0.2, 0.25) is 11.8 Å². The SMILES string of the molecule is CCCCNC(=O)C1CC1C(=O)Nc1cccc(Cl)c1. The van der Waals surface area contributed by atoms with Crippen LogP contribution in [0, 0.1) is 11.8 Å². The Balaban J connectivity index is 1.79. The number of benzene rings is 1. The molecule has 2 amide bonds. The number of halogens is 1. The largest absolute Gasteiger partial charge is 0.356 e. The molecule has 0 spiro atoms. The quantitative estimate of drug-likeness (QED) is 0.793. The number of anilines is 1. The minimum atomic E-state index is -0.212. The Hall–Kier alpha value is -1.55. The van der Waals surface area contributed by atoms with Crippen LogP contribution in [0.5, 0.6) is 0 Å². The number of amides is 2. The van der Waals surface area contributed by atoms with Gasteiger partial charge in [-0.15, -0.1) is 0 Å². The van der Waals surface area contributed by atoms with Crippen molar-refractivity contribution >= 4 is 29.1 Å². The molecular formula is C15H19ClN2O2. The van der Waals surface area contributed by atoms with Gasteiger partial charge >= 0.3 is 0 Å². The Morgan fingerprint density at radius 1 is 1.30 bits per heavy atom. The van der Waals surface area contributed by atoms with E-state index in [-0.39, 0.29) is 23.7 Å². The molecule has 20 heavy (non-hydrogen) atoms. The van der Waals surface area contributed by atoms with Crippen LogP contribution >= 0.6 is 11.6 Å². The van der Waals surface area contributed by atoms with Gasteiger partial charge in [0.05, 0.1) is 11.8 Å². The van der Waals surface area contributed by atoms with E-state index in [0.29, 0.717) is 23.7 Å². The van der Waals surface area contributed by atoms with Crippen LogP contribution in [-0.4, -0.2) is 18.4 Å². The predicted octanol–water partition coefficient (Wildman–Crippen LogP) is 2.83. The lowest BCUT2D eigenvalue weighted by Crippen LogP contribution is -2.28. The first kappa shape index (κ1) is 14.9. The summed E-state index contributed by atoms with van der Waals surface area (Å²) in [5.74, 6) is -0.505. The Labute approximate surface area is 123 Å². The Morgan fingerprint density at radius 3 is 2.75 bits per heavy atom. The highest BCUT2D eigenvalue weighted by Gasteiger charge is 2.47. The average molecular weight is 295 g/mol. The van der Waals surface area contributed by atoms with E-state index in [4.69, 9.17) is 11.6 Å². The summed E-state index contributed by atoms with van der Waals surface area (Å²) >= 11 is 5.86. The van der Waals surface area contributed by atoms with Crippen LogP contribution in [0.1, 0.15) is 26.2 Å². The molecule has 1 aromatic rings. The van der Waals surface area contributed by atoms with Gasteiger partial charge in [-0.05, 0) is 31.0 Å². The van der Waals surface area contributed by atoms with Gasteiger partial charge < -0.3 is 10.6 Å². The second-order valence-corrected chi connectivity index (χ2v) is 5.53. The summed E-state index contributed by atoms with van der Waals surface area (Å²) in [6, 6.07) is 7.00. The van der Waals surface area contributed by atoms with E-state index in [0.717, 1.165) is 12.8 Å². The topological polar surface area (TPSA) is 58.2 Å². The molecule has 2 atom stereocenters. The zero-order chi connectivity index (χ0) is 14.5. The van der Waals surface area contributed by atoms with E-state index in [2.05, 4.69) is 17.6 Å². The lowest BCUT2D eigenvalue weighted by molar-refractivity contribution is -0.125. The summed E-state index contributed by atoms with van der Waals surface area (Å²) in [6.07, 6.45) is 2.64. The van der Waals surface area contributed by atoms with Gasteiger partial charge in [0.1, 0.15) is 0 Å². The van der Waals surface area contributed by atoms with Gasteiger partial charge in [0.15, 0.2) is 0 Å². The second kappa shape index (κ2) is 6.75. The van der Waals surface area contributed by atoms with Gasteiger partial charge in [0, 0.05) is 17.3 Å². The number of hydrogen-bond acceptors (Lipinski definition) is 2. The highest BCUT2D eigenvalue weighted by Crippen LogP contribution is 2.39. The van der Waals surface area contributed by atoms with Crippen molar-refractivity contribution in [1.29, 1.82) is 0 Å². The van der Waals surface area contributed by atoms with Crippen molar-refractivity contribution in [2.75, 3.05) is 11.9 Å². The fourth-order valence-electron chi connectivity index (χ4n) is 2.10. The van der Waals surface area contributed by atoms with Crippen LogP contribution in [0.25, 0.3) is 0 Å². The maximum absolute atomic E-state index is 12.0. The van der Waals surface area contributed by atoms with E-state index in [9.17, 15) is 9.59 Å². The Bertz CT molecular complexity index is 504. The lowest BCUT2D eigenvalue weighted by atomic mass is 10.2. The van der Waals surface area contributed by atoms with E-state index >= 15 is 0 Å². The number of rotatable bonds is 6. The normalized spacial score (nSPS) is 20.3. The Morgan fingerprint density at radius 2 is 2.05 bits per heavy atom. The maximum Gasteiger partial charge on any atom is 0.228 e. The van der Waals surface area contributed by atoms with Crippen molar-refractivity contribution < 1.29 is 9.59 Å². The van der Waals surface area contributed by atoms with Crippen molar-refractivity contribution in [3.05, 3.63) is 29.3 Å². The molecule has 0 aliphatic heterocycles. The molecule has 2 N–H and O–H groups in total. The number of hydrogen-bond donors (Lipinski definition) is 2. The third kappa shape index (κ3) is 3.97. The molecule has 2 rings (SSSR count). The summed E-state index contributed by atoms with van der Waals surface area (Å²) in [5, 5.41) is 6.23. The molecule has 108 valence electrons. The third-order valence-electron chi connectivity index (χ3n) is 3.39. The summed E-state index contributed by atoms with van der Waals surface area (Å²) in [7, 11) is 0. The molecule has 0 bridgehead atoms. The van der Waals surface area contributed by atoms with Gasteiger partial charge in [-0.1, -0.05) is 31.0 Å². The molecule has 5 heteroatoms. The summed E-state index contributed by atoms with van der Waals surface area (Å²) in [4.78, 5) is 23.8. The van der Waals surface area contributed by atoms with Crippen LogP contribution in [-0.2, 0) is 9.59 Å². The molecule has 4 nitrogen and oxygen atoms in total. The van der Waals surface area contributed by atoms with Crippen molar-refractivity contribution in [3.8, 4) is 0 Å². The molecule has 1 aromatic carbocycles. The first-order valence-corrected chi connectivity index (χ1v) is 7.33. The molecule has 0 saturated heterocycles. The summed E-state index contributed by atoms with van der Waals surface area (Å²) < 4.78 is 0. The monoisotopic (exact) mass is 294 g/mol. The zero-order valence-corrected chi connectivity index (χ0v) is 12.2. The Kier molecular flexibility index (Phi) is 5.01. The van der Waals surface area contributed by atoms with Gasteiger partial charge in [-0.3, -0.25) is 9.59 Å². The molecule has 2 unspecified atom stereocenters. The van der Waals surface area contributed by atoms with Crippen LogP contribution in [0.15, 0.2) is 24.3 Å². The highest BCUT2D eigenvalue weighted by molar-refractivity contribution is 6.30.